The minimum atomic E-state index is 0.0386. The minimum absolute atomic E-state index is 0.0386. The van der Waals surface area contributed by atoms with Crippen LogP contribution in [0, 0.1) is 0 Å². The number of ketones is 1. The van der Waals surface area contributed by atoms with Gasteiger partial charge in [0.1, 0.15) is 5.78 Å². The number of carbonyl (C=O) groups is 2. The Hall–Kier alpha value is -3.77. The lowest BCUT2D eigenvalue weighted by molar-refractivity contribution is -0.117. The van der Waals surface area contributed by atoms with Crippen LogP contribution in [-0.2, 0) is 22.4 Å². The van der Waals surface area contributed by atoms with Crippen LogP contribution in [0.5, 0.6) is 0 Å². The summed E-state index contributed by atoms with van der Waals surface area (Å²) in [7, 11) is 1.72. The van der Waals surface area contributed by atoms with E-state index >= 15 is 0 Å². The van der Waals surface area contributed by atoms with Crippen molar-refractivity contribution in [1.29, 1.82) is 0 Å². The van der Waals surface area contributed by atoms with E-state index in [-0.39, 0.29) is 17.8 Å². The van der Waals surface area contributed by atoms with E-state index in [4.69, 9.17) is 4.74 Å². The van der Waals surface area contributed by atoms with Crippen LogP contribution in [0.2, 0.25) is 0 Å². The molecule has 5 rings (SSSR count). The Labute approximate surface area is 205 Å². The highest BCUT2D eigenvalue weighted by molar-refractivity contribution is 5.94. The van der Waals surface area contributed by atoms with Crippen molar-refractivity contribution >= 4 is 17.2 Å². The number of hydrogen-bond acceptors (Lipinski definition) is 4. The molecule has 2 aromatic heterocycles. The first-order valence-corrected chi connectivity index (χ1v) is 12.0. The van der Waals surface area contributed by atoms with Crippen molar-refractivity contribution in [2.24, 2.45) is 0 Å². The molecule has 0 N–H and O–H groups in total. The maximum atomic E-state index is 13.1. The molecule has 1 amide bonds. The predicted molar refractivity (Wildman–Crippen MR) is 135 cm³/mol. The number of ether oxygens (including phenoxy) is 1. The first kappa shape index (κ1) is 23.0. The molecule has 4 aromatic rings. The third kappa shape index (κ3) is 5.03. The number of amides is 1. The van der Waals surface area contributed by atoms with E-state index in [9.17, 15) is 9.59 Å². The van der Waals surface area contributed by atoms with Crippen LogP contribution in [0.1, 0.15) is 34.5 Å². The molecular formula is C29H29N3O3. The number of benzene rings is 2. The molecule has 35 heavy (non-hydrogen) atoms. The molecule has 0 spiro atoms. The van der Waals surface area contributed by atoms with Gasteiger partial charge in [0, 0.05) is 49.9 Å². The van der Waals surface area contributed by atoms with Gasteiger partial charge in [-0.1, -0.05) is 48.5 Å². The summed E-state index contributed by atoms with van der Waals surface area (Å²) in [6.07, 6.45) is 6.15. The Kier molecular flexibility index (Phi) is 6.73. The molecule has 0 aliphatic carbocycles. The highest BCUT2D eigenvalue weighted by Crippen LogP contribution is 2.26. The number of nitrogens with zero attached hydrogens (tertiary/aromatic N) is 3. The van der Waals surface area contributed by atoms with E-state index in [2.05, 4.69) is 23.2 Å². The van der Waals surface area contributed by atoms with Gasteiger partial charge in [0.2, 0.25) is 0 Å². The Morgan fingerprint density at radius 1 is 0.943 bits per heavy atom. The van der Waals surface area contributed by atoms with Crippen LogP contribution in [0.25, 0.3) is 16.6 Å². The molecule has 2 aromatic carbocycles. The Balaban J connectivity index is 1.29. The monoisotopic (exact) mass is 467 g/mol. The predicted octanol–water partition coefficient (Wildman–Crippen LogP) is 4.61. The first-order valence-electron chi connectivity index (χ1n) is 12.0. The third-order valence-electron chi connectivity index (χ3n) is 6.80. The van der Waals surface area contributed by atoms with E-state index in [0.29, 0.717) is 31.5 Å². The lowest BCUT2D eigenvalue weighted by Crippen LogP contribution is -2.40. The smallest absolute Gasteiger partial charge is 0.253 e. The largest absolute Gasteiger partial charge is 0.381 e. The van der Waals surface area contributed by atoms with E-state index < -0.39 is 0 Å². The summed E-state index contributed by atoms with van der Waals surface area (Å²) in [5, 5.41) is 0. The number of likely N-dealkylation sites (tertiary alicyclic amines) is 1. The third-order valence-corrected chi connectivity index (χ3v) is 6.80. The summed E-state index contributed by atoms with van der Waals surface area (Å²) in [6.45, 7) is 1.42. The molecule has 1 fully saturated rings. The molecule has 1 aliphatic heterocycles. The van der Waals surface area contributed by atoms with Gasteiger partial charge < -0.3 is 14.0 Å². The van der Waals surface area contributed by atoms with Gasteiger partial charge in [0.15, 0.2) is 0 Å². The van der Waals surface area contributed by atoms with Gasteiger partial charge in [0.25, 0.3) is 5.91 Å². The fraction of sp³-hybridized carbons (Fsp3) is 0.276. The van der Waals surface area contributed by atoms with Crippen LogP contribution in [0.3, 0.4) is 0 Å². The highest BCUT2D eigenvalue weighted by Gasteiger charge is 2.23. The maximum absolute atomic E-state index is 13.1. The molecule has 0 atom stereocenters. The Morgan fingerprint density at radius 2 is 1.69 bits per heavy atom. The normalized spacial score (nSPS) is 14.4. The van der Waals surface area contributed by atoms with Crippen molar-refractivity contribution in [1.82, 2.24) is 14.3 Å². The number of piperidine rings is 1. The summed E-state index contributed by atoms with van der Waals surface area (Å²) >= 11 is 0. The zero-order chi connectivity index (χ0) is 24.2. The van der Waals surface area contributed by atoms with Gasteiger partial charge in [-0.15, -0.1) is 0 Å². The number of aromatic nitrogens is 2. The zero-order valence-electron chi connectivity index (χ0n) is 19.9. The van der Waals surface area contributed by atoms with Crippen molar-refractivity contribution in [2.75, 3.05) is 20.2 Å². The SMILES string of the molecule is COC1CCN(C(=O)c2ccc(CC(=O)Cc3c(-c4ccccc4)ccc4cncn34)cc2)CC1. The first-order chi connectivity index (χ1) is 17.1. The van der Waals surface area contributed by atoms with Gasteiger partial charge in [-0.05, 0) is 42.2 Å². The molecule has 0 bridgehead atoms. The average Bonchev–Trinajstić information content (AvgIpc) is 3.39. The number of hydrogen-bond donors (Lipinski definition) is 0. The summed E-state index contributed by atoms with van der Waals surface area (Å²) in [4.78, 5) is 32.1. The van der Waals surface area contributed by atoms with Gasteiger partial charge in [0.05, 0.1) is 24.1 Å². The molecular weight excluding hydrogens is 438 g/mol. The summed E-state index contributed by atoms with van der Waals surface area (Å²) in [5.74, 6) is 0.154. The number of rotatable bonds is 7. The van der Waals surface area contributed by atoms with Gasteiger partial charge >= 0.3 is 0 Å². The Bertz CT molecular complexity index is 1320. The molecule has 0 radical (unpaired) electrons. The van der Waals surface area contributed by atoms with Crippen LogP contribution in [-0.4, -0.2) is 52.3 Å². The van der Waals surface area contributed by atoms with Crippen LogP contribution >= 0.6 is 0 Å². The number of Topliss-reactive ketones (excluding diaryl/α,β-unsaturated/α-hetero) is 1. The number of methoxy groups -OCH3 is 1. The lowest BCUT2D eigenvalue weighted by atomic mass is 9.98. The minimum Gasteiger partial charge on any atom is -0.381 e. The Morgan fingerprint density at radius 3 is 2.40 bits per heavy atom. The van der Waals surface area contributed by atoms with Crippen molar-refractivity contribution in [3.63, 3.8) is 0 Å². The summed E-state index contributed by atoms with van der Waals surface area (Å²) in [6, 6.07) is 21.6. The topological polar surface area (TPSA) is 63.9 Å². The number of fused-ring (bicyclic) bond motifs is 1. The summed E-state index contributed by atoms with van der Waals surface area (Å²) < 4.78 is 7.39. The fourth-order valence-corrected chi connectivity index (χ4v) is 4.83. The van der Waals surface area contributed by atoms with E-state index in [1.165, 1.54) is 0 Å². The molecule has 178 valence electrons. The van der Waals surface area contributed by atoms with Gasteiger partial charge in [-0.25, -0.2) is 4.98 Å². The number of pyridine rings is 1. The van der Waals surface area contributed by atoms with Crippen LogP contribution in [0.15, 0.2) is 79.3 Å². The fourth-order valence-electron chi connectivity index (χ4n) is 4.83. The number of imidazole rings is 1. The van der Waals surface area contributed by atoms with Gasteiger partial charge in [-0.2, -0.15) is 0 Å². The van der Waals surface area contributed by atoms with E-state index in [1.54, 1.807) is 19.6 Å². The standard InChI is InChI=1S/C29H29N3O3/c1-35-26-13-15-31(16-14-26)29(34)23-9-7-21(8-10-23)17-25(33)18-28-27(22-5-3-2-4-6-22)12-11-24-19-30-20-32(24)28/h2-12,19-20,26H,13-18H2,1H3. The summed E-state index contributed by atoms with van der Waals surface area (Å²) in [5.41, 5.74) is 5.56. The van der Waals surface area contributed by atoms with Crippen LogP contribution in [0.4, 0.5) is 0 Å². The molecule has 6 nitrogen and oxygen atoms in total. The average molecular weight is 468 g/mol. The molecule has 6 heteroatoms. The second-order valence-electron chi connectivity index (χ2n) is 9.06. The molecule has 1 aliphatic rings. The highest BCUT2D eigenvalue weighted by atomic mass is 16.5. The van der Waals surface area contributed by atoms with Crippen molar-refractivity contribution in [2.45, 2.75) is 31.8 Å². The van der Waals surface area contributed by atoms with Gasteiger partial charge in [-0.3, -0.25) is 9.59 Å². The second kappa shape index (κ2) is 10.2. The lowest BCUT2D eigenvalue weighted by Gasteiger charge is -2.31. The van der Waals surface area contributed by atoms with Crippen LogP contribution < -0.4 is 0 Å². The van der Waals surface area contributed by atoms with E-state index in [1.807, 2.05) is 57.8 Å². The van der Waals surface area contributed by atoms with Crippen molar-refractivity contribution in [3.05, 3.63) is 96.1 Å². The molecule has 3 heterocycles. The van der Waals surface area contributed by atoms with E-state index in [0.717, 1.165) is 40.7 Å². The zero-order valence-corrected chi connectivity index (χ0v) is 19.9. The van der Waals surface area contributed by atoms with Crippen molar-refractivity contribution < 1.29 is 14.3 Å². The molecule has 0 unspecified atom stereocenters. The quantitative estimate of drug-likeness (QED) is 0.398. The second-order valence-corrected chi connectivity index (χ2v) is 9.06. The molecule has 0 saturated carbocycles. The maximum Gasteiger partial charge on any atom is 0.253 e. The van der Waals surface area contributed by atoms with Crippen molar-refractivity contribution in [3.8, 4) is 11.1 Å². The molecule has 1 saturated heterocycles. The number of carbonyl (C=O) groups excluding carboxylic acids is 2.